The zero-order chi connectivity index (χ0) is 22.5. The number of ether oxygens (including phenoxy) is 1. The molecule has 166 valence electrons. The number of thiazole rings is 1. The minimum absolute atomic E-state index is 0.184. The lowest BCUT2D eigenvalue weighted by Gasteiger charge is -2.22. The van der Waals surface area contributed by atoms with Gasteiger partial charge in [-0.3, -0.25) is 9.69 Å². The molecule has 6 nitrogen and oxygen atoms in total. The standard InChI is InChI=1S/C24H24ClN3O3S/c1-16-9-10-18(13-20(16)25)12-19-14-26-23(32-19)27-22(29)21-8-5-11-28(21)24(30)31-15-17-6-3-2-4-7-17/h2-4,6-7,9-10,13-14,21H,5,8,11-12,15H2,1H3,(H,26,27,29). The highest BCUT2D eigenvalue weighted by Gasteiger charge is 2.35. The Labute approximate surface area is 196 Å². The summed E-state index contributed by atoms with van der Waals surface area (Å²) < 4.78 is 5.41. The van der Waals surface area contributed by atoms with E-state index in [1.807, 2.05) is 55.5 Å². The molecular formula is C24H24ClN3O3S. The van der Waals surface area contributed by atoms with Crippen LogP contribution < -0.4 is 5.32 Å². The summed E-state index contributed by atoms with van der Waals surface area (Å²) in [6, 6.07) is 14.9. The third-order valence-electron chi connectivity index (χ3n) is 5.39. The summed E-state index contributed by atoms with van der Waals surface area (Å²) in [7, 11) is 0. The van der Waals surface area contributed by atoms with E-state index in [2.05, 4.69) is 10.3 Å². The molecule has 2 heterocycles. The number of nitrogens with one attached hydrogen (secondary N) is 1. The molecule has 2 amide bonds. The number of benzene rings is 2. The van der Waals surface area contributed by atoms with Crippen LogP contribution in [0.2, 0.25) is 5.02 Å². The number of anilines is 1. The van der Waals surface area contributed by atoms with E-state index in [9.17, 15) is 9.59 Å². The first-order valence-corrected chi connectivity index (χ1v) is 11.7. The second kappa shape index (κ2) is 10.1. The van der Waals surface area contributed by atoms with Crippen molar-refractivity contribution < 1.29 is 14.3 Å². The van der Waals surface area contributed by atoms with Gasteiger partial charge in [-0.05, 0) is 42.5 Å². The Bertz CT molecular complexity index is 1100. The minimum atomic E-state index is -0.554. The van der Waals surface area contributed by atoms with Crippen LogP contribution in [0.1, 0.15) is 34.4 Å². The molecule has 32 heavy (non-hydrogen) atoms. The normalized spacial score (nSPS) is 15.6. The molecule has 0 saturated carbocycles. The molecule has 1 saturated heterocycles. The zero-order valence-electron chi connectivity index (χ0n) is 17.7. The molecule has 3 aromatic rings. The Morgan fingerprint density at radius 1 is 1.22 bits per heavy atom. The number of likely N-dealkylation sites (tertiary alicyclic amines) is 1. The lowest BCUT2D eigenvalue weighted by molar-refractivity contribution is -0.120. The van der Waals surface area contributed by atoms with Crippen LogP contribution in [-0.4, -0.2) is 34.5 Å². The summed E-state index contributed by atoms with van der Waals surface area (Å²) in [4.78, 5) is 32.2. The van der Waals surface area contributed by atoms with Gasteiger partial charge in [0.2, 0.25) is 5.91 Å². The van der Waals surface area contributed by atoms with E-state index in [4.69, 9.17) is 16.3 Å². The van der Waals surface area contributed by atoms with Crippen LogP contribution in [0.5, 0.6) is 0 Å². The minimum Gasteiger partial charge on any atom is -0.445 e. The van der Waals surface area contributed by atoms with Gasteiger partial charge in [0.05, 0.1) is 0 Å². The van der Waals surface area contributed by atoms with Gasteiger partial charge in [0, 0.05) is 29.1 Å². The number of hydrogen-bond acceptors (Lipinski definition) is 5. The van der Waals surface area contributed by atoms with E-state index >= 15 is 0 Å². The van der Waals surface area contributed by atoms with Gasteiger partial charge in [0.15, 0.2) is 5.13 Å². The third-order valence-corrected chi connectivity index (χ3v) is 6.71. The molecule has 1 aromatic heterocycles. The summed E-state index contributed by atoms with van der Waals surface area (Å²) >= 11 is 7.63. The maximum Gasteiger partial charge on any atom is 0.410 e. The number of amides is 2. The SMILES string of the molecule is Cc1ccc(Cc2cnc(NC(=O)C3CCCN3C(=O)OCc3ccccc3)s2)cc1Cl. The Morgan fingerprint density at radius 3 is 2.81 bits per heavy atom. The van der Waals surface area contributed by atoms with Crippen LogP contribution in [0.4, 0.5) is 9.93 Å². The van der Waals surface area contributed by atoms with Crippen molar-refractivity contribution in [3.8, 4) is 0 Å². The largest absolute Gasteiger partial charge is 0.445 e. The first-order valence-electron chi connectivity index (χ1n) is 10.5. The number of aryl methyl sites for hydroxylation is 1. The Kier molecular flexibility index (Phi) is 7.07. The average Bonchev–Trinajstić information content (AvgIpc) is 3.45. The van der Waals surface area contributed by atoms with Crippen molar-refractivity contribution >= 4 is 40.1 Å². The third kappa shape index (κ3) is 5.47. The van der Waals surface area contributed by atoms with Crippen LogP contribution in [0.15, 0.2) is 54.7 Å². The molecule has 0 bridgehead atoms. The maximum absolute atomic E-state index is 12.8. The van der Waals surface area contributed by atoms with E-state index in [1.54, 1.807) is 6.20 Å². The average molecular weight is 470 g/mol. The molecule has 1 fully saturated rings. The van der Waals surface area contributed by atoms with Gasteiger partial charge in [-0.15, -0.1) is 11.3 Å². The molecule has 4 rings (SSSR count). The van der Waals surface area contributed by atoms with Crippen LogP contribution >= 0.6 is 22.9 Å². The number of nitrogens with zero attached hydrogens (tertiary/aromatic N) is 2. The van der Waals surface area contributed by atoms with E-state index < -0.39 is 12.1 Å². The fourth-order valence-corrected chi connectivity index (χ4v) is 4.70. The molecule has 1 unspecified atom stereocenters. The summed E-state index contributed by atoms with van der Waals surface area (Å²) in [5, 5.41) is 4.12. The summed E-state index contributed by atoms with van der Waals surface area (Å²) in [5.74, 6) is -0.238. The molecule has 1 aliphatic heterocycles. The van der Waals surface area contributed by atoms with Gasteiger partial charge in [-0.25, -0.2) is 9.78 Å². The summed E-state index contributed by atoms with van der Waals surface area (Å²) in [6.07, 6.45) is 3.34. The van der Waals surface area contributed by atoms with Gasteiger partial charge in [-0.1, -0.05) is 54.1 Å². The monoisotopic (exact) mass is 469 g/mol. The molecule has 0 spiro atoms. The first-order chi connectivity index (χ1) is 15.5. The number of carbonyl (C=O) groups is 2. The quantitative estimate of drug-likeness (QED) is 0.522. The lowest BCUT2D eigenvalue weighted by Crippen LogP contribution is -2.43. The first kappa shape index (κ1) is 22.3. The molecular weight excluding hydrogens is 446 g/mol. The topological polar surface area (TPSA) is 71.5 Å². The Morgan fingerprint density at radius 2 is 2.03 bits per heavy atom. The molecule has 2 aromatic carbocycles. The van der Waals surface area contributed by atoms with Crippen molar-refractivity contribution in [1.82, 2.24) is 9.88 Å². The number of carbonyl (C=O) groups excluding carboxylic acids is 2. The fraction of sp³-hybridized carbons (Fsp3) is 0.292. The predicted molar refractivity (Wildman–Crippen MR) is 126 cm³/mol. The smallest absolute Gasteiger partial charge is 0.410 e. The second-order valence-electron chi connectivity index (χ2n) is 7.77. The van der Waals surface area contributed by atoms with Gasteiger partial charge >= 0.3 is 6.09 Å². The number of halogens is 1. The van der Waals surface area contributed by atoms with Crippen molar-refractivity contribution in [3.05, 3.63) is 81.3 Å². The molecule has 8 heteroatoms. The van der Waals surface area contributed by atoms with Gasteiger partial charge in [0.25, 0.3) is 0 Å². The highest BCUT2D eigenvalue weighted by atomic mass is 35.5. The van der Waals surface area contributed by atoms with Crippen molar-refractivity contribution in [3.63, 3.8) is 0 Å². The summed E-state index contributed by atoms with van der Waals surface area (Å²) in [5.41, 5.74) is 3.03. The van der Waals surface area contributed by atoms with E-state index in [0.717, 1.165) is 33.0 Å². The van der Waals surface area contributed by atoms with Gasteiger partial charge < -0.3 is 10.1 Å². The van der Waals surface area contributed by atoms with Crippen LogP contribution in [0.3, 0.4) is 0 Å². The molecule has 1 aliphatic rings. The molecule has 0 radical (unpaired) electrons. The van der Waals surface area contributed by atoms with Crippen LogP contribution in [-0.2, 0) is 22.6 Å². The van der Waals surface area contributed by atoms with Gasteiger partial charge in [-0.2, -0.15) is 0 Å². The lowest BCUT2D eigenvalue weighted by atomic mass is 10.1. The predicted octanol–water partition coefficient (Wildman–Crippen LogP) is 5.44. The summed E-state index contributed by atoms with van der Waals surface area (Å²) in [6.45, 7) is 2.66. The maximum atomic E-state index is 12.8. The van der Waals surface area contributed by atoms with E-state index in [1.165, 1.54) is 16.2 Å². The van der Waals surface area contributed by atoms with E-state index in [-0.39, 0.29) is 12.5 Å². The van der Waals surface area contributed by atoms with Crippen LogP contribution in [0.25, 0.3) is 0 Å². The van der Waals surface area contributed by atoms with Gasteiger partial charge in [0.1, 0.15) is 12.6 Å². The molecule has 1 N–H and O–H groups in total. The number of aromatic nitrogens is 1. The second-order valence-corrected chi connectivity index (χ2v) is 9.30. The highest BCUT2D eigenvalue weighted by Crippen LogP contribution is 2.26. The van der Waals surface area contributed by atoms with Crippen molar-refractivity contribution in [1.29, 1.82) is 0 Å². The highest BCUT2D eigenvalue weighted by molar-refractivity contribution is 7.15. The number of hydrogen-bond donors (Lipinski definition) is 1. The van der Waals surface area contributed by atoms with Crippen molar-refractivity contribution in [2.75, 3.05) is 11.9 Å². The van der Waals surface area contributed by atoms with E-state index in [0.29, 0.717) is 24.5 Å². The number of rotatable bonds is 6. The molecule has 1 atom stereocenters. The van der Waals surface area contributed by atoms with Crippen LogP contribution in [0, 0.1) is 6.92 Å². The Hall–Kier alpha value is -2.90. The van der Waals surface area contributed by atoms with Crippen molar-refractivity contribution in [2.45, 2.75) is 38.8 Å². The molecule has 0 aliphatic carbocycles. The van der Waals surface area contributed by atoms with Crippen molar-refractivity contribution in [2.24, 2.45) is 0 Å². The zero-order valence-corrected chi connectivity index (χ0v) is 19.3. The fourth-order valence-electron chi connectivity index (χ4n) is 3.64. The Balaban J connectivity index is 1.33.